The number of nitrogens with zero attached hydrogens (tertiary/aromatic N) is 1. The number of aliphatic carboxylic acids is 1. The third kappa shape index (κ3) is 5.24. The molecule has 3 N–H and O–H groups in total. The molecule has 8 nitrogen and oxygen atoms in total. The minimum absolute atomic E-state index is 0.179. The molecule has 0 aliphatic carbocycles. The van der Waals surface area contributed by atoms with Crippen LogP contribution in [-0.4, -0.2) is 64.1 Å². The number of carbonyl (C=O) groups is 2. The third-order valence-corrected chi connectivity index (χ3v) is 6.13. The summed E-state index contributed by atoms with van der Waals surface area (Å²) in [5.41, 5.74) is 3.25. The van der Waals surface area contributed by atoms with Crippen LogP contribution in [0.25, 0.3) is 0 Å². The summed E-state index contributed by atoms with van der Waals surface area (Å²) in [6.45, 7) is 13.5. The van der Waals surface area contributed by atoms with Crippen LogP contribution in [0.5, 0.6) is 0 Å². The molecule has 0 aromatic carbocycles. The molecule has 2 atom stereocenters. The zero-order valence-corrected chi connectivity index (χ0v) is 18.9. The first-order valence-electron chi connectivity index (χ1n) is 10.4. The van der Waals surface area contributed by atoms with Gasteiger partial charge in [-0.2, -0.15) is 0 Å². The van der Waals surface area contributed by atoms with Crippen molar-refractivity contribution < 1.29 is 28.7 Å². The second-order valence-electron chi connectivity index (χ2n) is 10.3. The fourth-order valence-corrected chi connectivity index (χ4v) is 3.94. The number of carboxylic acid groups (broad SMARTS) is 1. The molecule has 0 spiro atoms. The van der Waals surface area contributed by atoms with Gasteiger partial charge in [-0.25, -0.2) is 9.59 Å². The lowest BCUT2D eigenvalue weighted by atomic mass is 9.80. The molecule has 0 unspecified atom stereocenters. The lowest BCUT2D eigenvalue weighted by Gasteiger charge is -2.35. The highest BCUT2D eigenvalue weighted by molar-refractivity contribution is 6.45. The minimum atomic E-state index is -1.34. The highest BCUT2D eigenvalue weighted by atomic mass is 16.7. The molecule has 2 heterocycles. The van der Waals surface area contributed by atoms with Gasteiger partial charge in [0.2, 0.25) is 0 Å². The Bertz CT molecular complexity index is 617. The van der Waals surface area contributed by atoms with E-state index >= 15 is 0 Å². The molecule has 2 rings (SSSR count). The van der Waals surface area contributed by atoms with Gasteiger partial charge in [0.05, 0.1) is 11.2 Å². The lowest BCUT2D eigenvalue weighted by Crippen LogP contribution is -2.54. The molecule has 29 heavy (non-hydrogen) atoms. The molecule has 9 heteroatoms. The van der Waals surface area contributed by atoms with Crippen molar-refractivity contribution >= 4 is 19.2 Å². The largest absolute Gasteiger partial charge is 0.479 e. The van der Waals surface area contributed by atoms with Crippen molar-refractivity contribution in [1.29, 1.82) is 0 Å². The summed E-state index contributed by atoms with van der Waals surface area (Å²) in [6.07, 6.45) is 1.92. The highest BCUT2D eigenvalue weighted by Gasteiger charge is 2.54. The summed E-state index contributed by atoms with van der Waals surface area (Å²) in [5, 5.41) is 9.99. The highest BCUT2D eigenvalue weighted by Crippen LogP contribution is 2.39. The second-order valence-corrected chi connectivity index (χ2v) is 10.3. The van der Waals surface area contributed by atoms with E-state index in [2.05, 4.69) is 0 Å². The van der Waals surface area contributed by atoms with E-state index in [1.807, 2.05) is 27.7 Å². The Balaban J connectivity index is 1.99. The first-order valence-corrected chi connectivity index (χ1v) is 10.4. The maximum absolute atomic E-state index is 12.7. The van der Waals surface area contributed by atoms with Crippen LogP contribution in [0.1, 0.15) is 74.1 Å². The van der Waals surface area contributed by atoms with Crippen LogP contribution < -0.4 is 5.73 Å². The van der Waals surface area contributed by atoms with Gasteiger partial charge in [-0.05, 0) is 67.6 Å². The summed E-state index contributed by atoms with van der Waals surface area (Å²) in [4.78, 5) is 26.2. The average molecular weight is 412 g/mol. The number of carboxylic acids is 1. The first kappa shape index (κ1) is 24.0. The summed E-state index contributed by atoms with van der Waals surface area (Å²) < 4.78 is 17.4. The van der Waals surface area contributed by atoms with Gasteiger partial charge in [0.25, 0.3) is 0 Å². The Labute approximate surface area is 174 Å². The van der Waals surface area contributed by atoms with Crippen molar-refractivity contribution in [2.45, 2.75) is 109 Å². The van der Waals surface area contributed by atoms with Crippen LogP contribution in [0.2, 0.25) is 6.32 Å². The number of amides is 1. The van der Waals surface area contributed by atoms with Crippen LogP contribution >= 0.6 is 0 Å². The predicted molar refractivity (Wildman–Crippen MR) is 111 cm³/mol. The van der Waals surface area contributed by atoms with Gasteiger partial charge in [-0.15, -0.1) is 0 Å². The normalized spacial score (nSPS) is 28.6. The van der Waals surface area contributed by atoms with E-state index in [1.54, 1.807) is 20.8 Å². The molecular weight excluding hydrogens is 375 g/mol. The van der Waals surface area contributed by atoms with Crippen LogP contribution in [0.3, 0.4) is 0 Å². The van der Waals surface area contributed by atoms with Gasteiger partial charge in [0.15, 0.2) is 0 Å². The van der Waals surface area contributed by atoms with E-state index < -0.39 is 23.2 Å². The summed E-state index contributed by atoms with van der Waals surface area (Å²) >= 11 is 0. The number of rotatable bonds is 6. The molecule has 0 bridgehead atoms. The molecule has 2 fully saturated rings. The number of carbonyl (C=O) groups excluding carboxylic acids is 1. The molecule has 0 aromatic heterocycles. The maximum Gasteiger partial charge on any atom is 0.457 e. The summed E-state index contributed by atoms with van der Waals surface area (Å²) in [5.74, 6) is -1.04. The van der Waals surface area contributed by atoms with Crippen LogP contribution in [0.4, 0.5) is 4.79 Å². The van der Waals surface area contributed by atoms with E-state index in [0.29, 0.717) is 19.2 Å². The predicted octanol–water partition coefficient (Wildman–Crippen LogP) is 3.04. The van der Waals surface area contributed by atoms with E-state index in [1.165, 1.54) is 4.90 Å². The van der Waals surface area contributed by atoms with Gasteiger partial charge >= 0.3 is 19.2 Å². The number of likely N-dealkylation sites (tertiary alicyclic amines) is 1. The Morgan fingerprint density at radius 3 is 2.21 bits per heavy atom. The van der Waals surface area contributed by atoms with Gasteiger partial charge in [-0.3, -0.25) is 4.90 Å². The van der Waals surface area contributed by atoms with Crippen molar-refractivity contribution in [3.8, 4) is 0 Å². The molecule has 2 aliphatic rings. The van der Waals surface area contributed by atoms with Crippen molar-refractivity contribution in [3.63, 3.8) is 0 Å². The Morgan fingerprint density at radius 1 is 1.17 bits per heavy atom. The quantitative estimate of drug-likeness (QED) is 0.509. The number of unbranched alkanes of at least 4 members (excludes halogenated alkanes) is 1. The van der Waals surface area contributed by atoms with Gasteiger partial charge in [-0.1, -0.05) is 12.8 Å². The molecule has 2 saturated heterocycles. The smallest absolute Gasteiger partial charge is 0.457 e. The van der Waals surface area contributed by atoms with Crippen LogP contribution in [0.15, 0.2) is 0 Å². The van der Waals surface area contributed by atoms with Gasteiger partial charge < -0.3 is 24.9 Å². The fourth-order valence-electron chi connectivity index (χ4n) is 3.94. The molecular formula is C20H37BN2O6. The zero-order chi connectivity index (χ0) is 22.3. The number of ether oxygens (including phenoxy) is 1. The molecule has 2 aliphatic heterocycles. The summed E-state index contributed by atoms with van der Waals surface area (Å²) in [6, 6.07) is -0.387. The van der Waals surface area contributed by atoms with E-state index in [0.717, 1.165) is 6.42 Å². The van der Waals surface area contributed by atoms with E-state index in [4.69, 9.17) is 19.8 Å². The molecule has 0 radical (unpaired) electrons. The van der Waals surface area contributed by atoms with Gasteiger partial charge in [0.1, 0.15) is 11.1 Å². The van der Waals surface area contributed by atoms with Crippen molar-refractivity contribution in [3.05, 3.63) is 0 Å². The zero-order valence-electron chi connectivity index (χ0n) is 18.9. The Hall–Kier alpha value is -1.32. The second kappa shape index (κ2) is 8.08. The number of hydrogen-bond acceptors (Lipinski definition) is 6. The topological polar surface area (TPSA) is 111 Å². The standard InChI is InChI=1S/C20H37BN2O6/c1-17(2,3)27-16(26)23-13-14(22)12-20(23,15(24)25)10-8-9-11-21-28-18(4,5)19(6,7)29-21/h14H,8-13,22H2,1-7H3,(H,24,25)/t14-,20-/m0/s1. The molecule has 166 valence electrons. The monoisotopic (exact) mass is 412 g/mol. The van der Waals surface area contributed by atoms with E-state index in [9.17, 15) is 14.7 Å². The Kier molecular flexibility index (Phi) is 6.67. The van der Waals surface area contributed by atoms with Crippen molar-refractivity contribution in [1.82, 2.24) is 4.90 Å². The van der Waals surface area contributed by atoms with E-state index in [-0.39, 0.29) is 37.3 Å². The third-order valence-electron chi connectivity index (χ3n) is 6.13. The molecule has 0 saturated carbocycles. The molecule has 1 amide bonds. The van der Waals surface area contributed by atoms with Crippen molar-refractivity contribution in [2.75, 3.05) is 6.54 Å². The number of hydrogen-bond donors (Lipinski definition) is 2. The maximum atomic E-state index is 12.7. The minimum Gasteiger partial charge on any atom is -0.479 e. The first-order chi connectivity index (χ1) is 13.1. The van der Waals surface area contributed by atoms with Gasteiger partial charge in [0, 0.05) is 12.6 Å². The number of nitrogens with two attached hydrogens (primary N) is 1. The van der Waals surface area contributed by atoms with Crippen LogP contribution in [0, 0.1) is 0 Å². The Morgan fingerprint density at radius 2 is 1.72 bits per heavy atom. The lowest BCUT2D eigenvalue weighted by molar-refractivity contribution is -0.150. The summed E-state index contributed by atoms with van der Waals surface area (Å²) in [7, 11) is -0.312. The molecule has 0 aromatic rings. The SMILES string of the molecule is CC(C)(C)OC(=O)N1C[C@@H](N)C[C@@]1(CCCCB1OC(C)(C)C(C)(C)O1)C(=O)O. The van der Waals surface area contributed by atoms with Crippen LogP contribution in [-0.2, 0) is 18.8 Å². The fraction of sp³-hybridized carbons (Fsp3) is 0.900. The van der Waals surface area contributed by atoms with Crippen molar-refractivity contribution in [2.24, 2.45) is 5.73 Å². The average Bonchev–Trinajstić information content (AvgIpc) is 2.96.